The molecule has 0 atom stereocenters. The Kier molecular flexibility index (Phi) is 6.14. The Balaban J connectivity index is 2.19. The van der Waals surface area contributed by atoms with Gasteiger partial charge in [0.2, 0.25) is 0 Å². The molecule has 0 fully saturated rings. The van der Waals surface area contributed by atoms with Crippen LogP contribution in [-0.2, 0) is 9.53 Å². The summed E-state index contributed by atoms with van der Waals surface area (Å²) in [5, 5.41) is 6.42. The molecule has 2 aromatic rings. The predicted molar refractivity (Wildman–Crippen MR) is 89.8 cm³/mol. The predicted octanol–water partition coefficient (Wildman–Crippen LogP) is 3.37. The van der Waals surface area contributed by atoms with Gasteiger partial charge in [-0.15, -0.1) is 0 Å². The zero-order valence-electron chi connectivity index (χ0n) is 14.1. The van der Waals surface area contributed by atoms with Crippen LogP contribution in [0.4, 0.5) is 4.39 Å². The molecule has 0 saturated heterocycles. The molecular formula is C17H18ClFN2O4. The monoisotopic (exact) mass is 368 g/mol. The normalized spacial score (nSPS) is 10.8. The Morgan fingerprint density at radius 2 is 2.12 bits per heavy atom. The number of halogens is 2. The molecule has 2 rings (SSSR count). The third-order valence-corrected chi connectivity index (χ3v) is 3.62. The van der Waals surface area contributed by atoms with Gasteiger partial charge >= 0.3 is 5.97 Å². The molecule has 8 heteroatoms. The largest absolute Gasteiger partial charge is 0.452 e. The molecule has 134 valence electrons. The highest BCUT2D eigenvalue weighted by molar-refractivity contribution is 6.33. The third-order valence-electron chi connectivity index (χ3n) is 3.31. The molecule has 0 aliphatic rings. The van der Waals surface area contributed by atoms with Crippen LogP contribution in [0.3, 0.4) is 0 Å². The Bertz CT molecular complexity index is 769. The Morgan fingerprint density at radius 1 is 1.40 bits per heavy atom. The van der Waals surface area contributed by atoms with Crippen molar-refractivity contribution in [2.75, 3.05) is 13.2 Å². The molecule has 25 heavy (non-hydrogen) atoms. The summed E-state index contributed by atoms with van der Waals surface area (Å²) in [6, 6.07) is 4.10. The van der Waals surface area contributed by atoms with Gasteiger partial charge in [0.05, 0.1) is 10.6 Å². The summed E-state index contributed by atoms with van der Waals surface area (Å²) in [5.74, 6) is -1.50. The average Bonchev–Trinajstić information content (AvgIpc) is 2.92. The van der Waals surface area contributed by atoms with Crippen LogP contribution < -0.4 is 5.32 Å². The highest BCUT2D eigenvalue weighted by atomic mass is 35.5. The minimum Gasteiger partial charge on any atom is -0.452 e. The van der Waals surface area contributed by atoms with E-state index in [4.69, 9.17) is 20.9 Å². The Hall–Kier alpha value is -2.41. The maximum Gasteiger partial charge on any atom is 0.344 e. The van der Waals surface area contributed by atoms with Gasteiger partial charge in [-0.25, -0.2) is 9.18 Å². The summed E-state index contributed by atoms with van der Waals surface area (Å²) >= 11 is 6.01. The lowest BCUT2D eigenvalue weighted by atomic mass is 10.1. The molecule has 1 aromatic heterocycles. The van der Waals surface area contributed by atoms with Crippen LogP contribution in [0, 0.1) is 18.7 Å². The minimum absolute atomic E-state index is 0.0581. The van der Waals surface area contributed by atoms with Gasteiger partial charge in [-0.2, -0.15) is 0 Å². The second-order valence-corrected chi connectivity index (χ2v) is 6.24. The first-order valence-corrected chi connectivity index (χ1v) is 8.03. The molecule has 1 N–H and O–H groups in total. The zero-order valence-corrected chi connectivity index (χ0v) is 14.8. The van der Waals surface area contributed by atoms with Gasteiger partial charge < -0.3 is 14.6 Å². The second-order valence-electron chi connectivity index (χ2n) is 5.83. The molecule has 0 saturated carbocycles. The highest BCUT2D eigenvalue weighted by Gasteiger charge is 2.26. The van der Waals surface area contributed by atoms with Gasteiger partial charge in [0, 0.05) is 6.54 Å². The van der Waals surface area contributed by atoms with Crippen LogP contribution in [0.1, 0.15) is 30.0 Å². The van der Waals surface area contributed by atoms with Gasteiger partial charge in [0.25, 0.3) is 5.91 Å². The molecule has 0 aliphatic carbocycles. The van der Waals surface area contributed by atoms with Gasteiger partial charge in [0.15, 0.2) is 6.61 Å². The number of ether oxygens (including phenoxy) is 1. The van der Waals surface area contributed by atoms with Crippen LogP contribution in [0.5, 0.6) is 0 Å². The molecule has 0 spiro atoms. The van der Waals surface area contributed by atoms with Crippen LogP contribution in [0.15, 0.2) is 22.7 Å². The van der Waals surface area contributed by atoms with Gasteiger partial charge in [0.1, 0.15) is 22.8 Å². The van der Waals surface area contributed by atoms with Crippen LogP contribution in [0.25, 0.3) is 11.3 Å². The van der Waals surface area contributed by atoms with E-state index in [1.807, 2.05) is 13.8 Å². The number of benzene rings is 1. The van der Waals surface area contributed by atoms with Crippen molar-refractivity contribution in [2.45, 2.75) is 20.8 Å². The number of nitrogens with one attached hydrogen (secondary N) is 1. The van der Waals surface area contributed by atoms with Crippen LogP contribution >= 0.6 is 11.6 Å². The van der Waals surface area contributed by atoms with E-state index in [0.29, 0.717) is 6.54 Å². The van der Waals surface area contributed by atoms with Crippen molar-refractivity contribution in [1.82, 2.24) is 10.5 Å². The topological polar surface area (TPSA) is 81.4 Å². The summed E-state index contributed by atoms with van der Waals surface area (Å²) in [6.45, 7) is 5.38. The Morgan fingerprint density at radius 3 is 2.76 bits per heavy atom. The maximum atomic E-state index is 14.1. The molecular weight excluding hydrogens is 351 g/mol. The molecule has 0 bridgehead atoms. The Labute approximate surface area is 149 Å². The molecule has 6 nitrogen and oxygen atoms in total. The van der Waals surface area contributed by atoms with Crippen molar-refractivity contribution in [3.05, 3.63) is 40.4 Å². The first kappa shape index (κ1) is 18.9. The zero-order chi connectivity index (χ0) is 18.6. The molecule has 0 unspecified atom stereocenters. The lowest BCUT2D eigenvalue weighted by molar-refractivity contribution is -0.124. The SMILES string of the molecule is Cc1onc(-c2c(F)cccc2Cl)c1C(=O)OCC(=O)NCC(C)C. The highest BCUT2D eigenvalue weighted by Crippen LogP contribution is 2.33. The number of rotatable bonds is 6. The summed E-state index contributed by atoms with van der Waals surface area (Å²) in [5.41, 5.74) is -0.186. The van der Waals surface area contributed by atoms with E-state index in [2.05, 4.69) is 10.5 Å². The van der Waals surface area contributed by atoms with E-state index in [0.717, 1.165) is 0 Å². The minimum atomic E-state index is -0.840. The first-order chi connectivity index (χ1) is 11.8. The fourth-order valence-electron chi connectivity index (χ4n) is 2.08. The molecule has 1 amide bonds. The quantitative estimate of drug-likeness (QED) is 0.790. The summed E-state index contributed by atoms with van der Waals surface area (Å²) in [6.07, 6.45) is 0. The average molecular weight is 369 g/mol. The van der Waals surface area contributed by atoms with E-state index >= 15 is 0 Å². The van der Waals surface area contributed by atoms with Crippen molar-refractivity contribution in [2.24, 2.45) is 5.92 Å². The van der Waals surface area contributed by atoms with Crippen LogP contribution in [0.2, 0.25) is 5.02 Å². The number of aromatic nitrogens is 1. The first-order valence-electron chi connectivity index (χ1n) is 7.65. The fraction of sp³-hybridized carbons (Fsp3) is 0.353. The van der Waals surface area contributed by atoms with Crippen molar-refractivity contribution in [3.8, 4) is 11.3 Å². The number of amides is 1. The van der Waals surface area contributed by atoms with E-state index in [1.165, 1.54) is 25.1 Å². The maximum absolute atomic E-state index is 14.1. The summed E-state index contributed by atoms with van der Waals surface area (Å²) < 4.78 is 24.1. The number of esters is 1. The number of carbonyl (C=O) groups excluding carboxylic acids is 2. The van der Waals surface area contributed by atoms with Crippen molar-refractivity contribution in [1.29, 1.82) is 0 Å². The standard InChI is InChI=1S/C17H18ClFN2O4/c1-9(2)7-20-13(22)8-24-17(23)14-10(3)25-21-16(14)15-11(18)5-4-6-12(15)19/h4-6,9H,7-8H2,1-3H3,(H,20,22). The van der Waals surface area contributed by atoms with Crippen molar-refractivity contribution in [3.63, 3.8) is 0 Å². The summed E-state index contributed by atoms with van der Waals surface area (Å²) in [4.78, 5) is 24.0. The smallest absolute Gasteiger partial charge is 0.344 e. The number of carbonyl (C=O) groups is 2. The summed E-state index contributed by atoms with van der Waals surface area (Å²) in [7, 11) is 0. The number of aryl methyl sites for hydroxylation is 1. The lowest BCUT2D eigenvalue weighted by Gasteiger charge is -2.09. The van der Waals surface area contributed by atoms with Crippen molar-refractivity contribution < 1.29 is 23.2 Å². The fourth-order valence-corrected chi connectivity index (χ4v) is 2.33. The van der Waals surface area contributed by atoms with Gasteiger partial charge in [-0.1, -0.05) is 36.7 Å². The van der Waals surface area contributed by atoms with E-state index in [9.17, 15) is 14.0 Å². The van der Waals surface area contributed by atoms with Gasteiger partial charge in [-0.3, -0.25) is 4.79 Å². The number of hydrogen-bond donors (Lipinski definition) is 1. The van der Waals surface area contributed by atoms with E-state index < -0.39 is 24.3 Å². The number of nitrogens with zero attached hydrogens (tertiary/aromatic N) is 1. The lowest BCUT2D eigenvalue weighted by Crippen LogP contribution is -2.31. The van der Waals surface area contributed by atoms with Crippen molar-refractivity contribution >= 4 is 23.5 Å². The third kappa shape index (κ3) is 4.57. The van der Waals surface area contributed by atoms with E-state index in [1.54, 1.807) is 0 Å². The number of hydrogen-bond acceptors (Lipinski definition) is 5. The molecule has 1 aromatic carbocycles. The van der Waals surface area contributed by atoms with Crippen LogP contribution in [-0.4, -0.2) is 30.2 Å². The van der Waals surface area contributed by atoms with E-state index in [-0.39, 0.29) is 33.5 Å². The molecule has 1 heterocycles. The second kappa shape index (κ2) is 8.11. The molecule has 0 aliphatic heterocycles. The van der Waals surface area contributed by atoms with Gasteiger partial charge in [-0.05, 0) is 25.0 Å². The molecule has 0 radical (unpaired) electrons.